The number of hydrogen-bond donors (Lipinski definition) is 4. The summed E-state index contributed by atoms with van der Waals surface area (Å²) in [5.74, 6) is 0.206. The van der Waals surface area contributed by atoms with Crippen LogP contribution >= 0.6 is 0 Å². The highest BCUT2D eigenvalue weighted by molar-refractivity contribution is 5.93. The van der Waals surface area contributed by atoms with Crippen LogP contribution in [0.1, 0.15) is 92.2 Å². The number of aliphatic hydroxyl groups is 1. The van der Waals surface area contributed by atoms with Gasteiger partial charge in [-0.25, -0.2) is 19.6 Å². The van der Waals surface area contributed by atoms with E-state index in [1.165, 1.54) is 7.11 Å². The number of aliphatic hydroxyl groups excluding tert-OH is 1. The number of esters is 1. The molecule has 45 heavy (non-hydrogen) atoms. The number of ether oxygens (including phenoxy) is 3. The molecule has 4 heterocycles. The summed E-state index contributed by atoms with van der Waals surface area (Å²) in [6, 6.07) is 7.39. The van der Waals surface area contributed by atoms with Crippen LogP contribution in [0, 0.1) is 27.7 Å². The Labute approximate surface area is 263 Å². The molecule has 0 unspecified atom stereocenters. The first kappa shape index (κ1) is 33.6. The molecule has 2 aromatic heterocycles. The van der Waals surface area contributed by atoms with E-state index in [-0.39, 0.29) is 18.2 Å². The van der Waals surface area contributed by atoms with Crippen molar-refractivity contribution in [3.8, 4) is 22.8 Å². The highest BCUT2D eigenvalue weighted by Gasteiger charge is 2.22. The van der Waals surface area contributed by atoms with Crippen LogP contribution in [0.4, 0.5) is 0 Å². The van der Waals surface area contributed by atoms with Crippen molar-refractivity contribution in [1.82, 2.24) is 19.9 Å². The number of aromatic nitrogens is 4. The van der Waals surface area contributed by atoms with Crippen LogP contribution < -0.4 is 0 Å². The van der Waals surface area contributed by atoms with E-state index in [1.807, 2.05) is 45.2 Å². The molecule has 2 atom stereocenters. The number of carbonyl (C=O) groups is 2. The second-order valence-electron chi connectivity index (χ2n) is 11.1. The number of carboxylic acids is 1. The van der Waals surface area contributed by atoms with Gasteiger partial charge < -0.3 is 34.4 Å². The fraction of sp³-hybridized carbons (Fsp3) is 0.412. The lowest BCUT2D eigenvalue weighted by Crippen LogP contribution is -2.05. The number of aromatic amines is 2. The number of benzene rings is 2. The maximum Gasteiger partial charge on any atom is 0.338 e. The fourth-order valence-electron chi connectivity index (χ4n) is 5.69. The van der Waals surface area contributed by atoms with Crippen LogP contribution in [-0.4, -0.2) is 69.5 Å². The summed E-state index contributed by atoms with van der Waals surface area (Å²) in [6.45, 7) is 9.27. The van der Waals surface area contributed by atoms with Crippen molar-refractivity contribution >= 4 is 11.9 Å². The molecule has 11 heteroatoms. The molecule has 11 nitrogen and oxygen atoms in total. The van der Waals surface area contributed by atoms with E-state index in [1.54, 1.807) is 19.2 Å². The topological polar surface area (TPSA) is 160 Å². The van der Waals surface area contributed by atoms with Crippen molar-refractivity contribution in [2.75, 3.05) is 27.4 Å². The average Bonchev–Trinajstić information content (AvgIpc) is 3.85. The lowest BCUT2D eigenvalue weighted by Gasteiger charge is -2.10. The molecular formula is C34H42N4O7. The first-order valence-electron chi connectivity index (χ1n) is 15.0. The van der Waals surface area contributed by atoms with Crippen LogP contribution in [0.5, 0.6) is 0 Å². The number of aryl methyl sites for hydroxylation is 4. The second-order valence-corrected chi connectivity index (χ2v) is 11.1. The molecule has 2 aromatic carbocycles. The number of rotatable bonds is 6. The summed E-state index contributed by atoms with van der Waals surface area (Å²) in [7, 11) is 2.39. The van der Waals surface area contributed by atoms with Crippen molar-refractivity contribution in [3.63, 3.8) is 0 Å². The predicted molar refractivity (Wildman–Crippen MR) is 169 cm³/mol. The summed E-state index contributed by atoms with van der Waals surface area (Å²) in [5, 5.41) is 16.3. The van der Waals surface area contributed by atoms with E-state index < -0.39 is 5.97 Å². The number of carbonyl (C=O) groups excluding carboxylic acids is 1. The molecule has 6 rings (SSSR count). The van der Waals surface area contributed by atoms with Crippen LogP contribution in [0.2, 0.25) is 0 Å². The Kier molecular flexibility index (Phi) is 11.3. The molecule has 2 aliphatic heterocycles. The lowest BCUT2D eigenvalue weighted by atomic mass is 9.99. The van der Waals surface area contributed by atoms with Crippen LogP contribution in [0.15, 0.2) is 36.7 Å². The van der Waals surface area contributed by atoms with E-state index in [0.29, 0.717) is 17.0 Å². The smallest absolute Gasteiger partial charge is 0.338 e. The Hall–Kier alpha value is -4.32. The molecule has 4 aromatic rings. The number of nitrogens with one attached hydrogen (secondary N) is 2. The first-order chi connectivity index (χ1) is 21.7. The minimum absolute atomic E-state index is 0.0796. The minimum atomic E-state index is -0.917. The number of nitrogens with zero attached hydrogens (tertiary/aromatic N) is 2. The van der Waals surface area contributed by atoms with Gasteiger partial charge in [0.25, 0.3) is 0 Å². The summed E-state index contributed by atoms with van der Waals surface area (Å²) >= 11 is 0. The Morgan fingerprint density at radius 1 is 0.756 bits per heavy atom. The number of imidazole rings is 2. The quantitative estimate of drug-likeness (QED) is 0.185. The van der Waals surface area contributed by atoms with Gasteiger partial charge in [0.1, 0.15) is 11.6 Å². The van der Waals surface area contributed by atoms with Crippen LogP contribution in [0.25, 0.3) is 22.8 Å². The summed E-state index contributed by atoms with van der Waals surface area (Å²) < 4.78 is 16.2. The summed E-state index contributed by atoms with van der Waals surface area (Å²) in [5.41, 5.74) is 8.30. The molecule has 4 N–H and O–H groups in total. The molecule has 0 radical (unpaired) electrons. The maximum atomic E-state index is 11.9. The van der Waals surface area contributed by atoms with Gasteiger partial charge in [-0.3, -0.25) is 0 Å². The summed E-state index contributed by atoms with van der Waals surface area (Å²) in [6.07, 6.45) is 7.94. The van der Waals surface area contributed by atoms with Gasteiger partial charge in [-0.1, -0.05) is 12.1 Å². The van der Waals surface area contributed by atoms with Gasteiger partial charge in [0.2, 0.25) is 0 Å². The standard InChI is InChI=1S/C17H20N2O3.C16H18N2O3.CH4O/c1-10-7-11(2)13(17(20)21-3)8-12(10)16-18-9-14(19-16)15-5-4-6-22-15;1-9-6-10(2)12(16(19)20)7-11(9)15-17-8-13(18-15)14-4-3-5-21-14;1-2/h7-9,15H,4-6H2,1-3H3,(H,18,19);6-8,14H,3-5H2,1-2H3,(H,17,18)(H,19,20);2H,1H3/t15-;14-;/m00./s1. The van der Waals surface area contributed by atoms with Crippen molar-refractivity contribution in [2.24, 2.45) is 0 Å². The lowest BCUT2D eigenvalue weighted by molar-refractivity contribution is 0.0599. The highest BCUT2D eigenvalue weighted by atomic mass is 16.5. The zero-order chi connectivity index (χ0) is 32.7. The van der Waals surface area contributed by atoms with Gasteiger partial charge in [-0.05, 0) is 87.8 Å². The van der Waals surface area contributed by atoms with Crippen molar-refractivity contribution in [2.45, 2.75) is 65.6 Å². The predicted octanol–water partition coefficient (Wildman–Crippen LogP) is 6.18. The monoisotopic (exact) mass is 618 g/mol. The van der Waals surface area contributed by atoms with Gasteiger partial charge in [0.15, 0.2) is 0 Å². The number of hydrogen-bond acceptors (Lipinski definition) is 8. The largest absolute Gasteiger partial charge is 0.478 e. The number of aromatic carboxylic acids is 1. The third kappa shape index (κ3) is 7.67. The molecule has 0 spiro atoms. The van der Waals surface area contributed by atoms with Crippen LogP contribution in [-0.2, 0) is 14.2 Å². The van der Waals surface area contributed by atoms with Gasteiger partial charge >= 0.3 is 11.9 Å². The third-order valence-electron chi connectivity index (χ3n) is 8.03. The van der Waals surface area contributed by atoms with Gasteiger partial charge in [0.05, 0.1) is 54.2 Å². The van der Waals surface area contributed by atoms with E-state index >= 15 is 0 Å². The zero-order valence-corrected chi connectivity index (χ0v) is 26.7. The fourth-order valence-corrected chi connectivity index (χ4v) is 5.69. The Morgan fingerprint density at radius 3 is 1.60 bits per heavy atom. The molecule has 2 saturated heterocycles. The Morgan fingerprint density at radius 2 is 1.20 bits per heavy atom. The van der Waals surface area contributed by atoms with Crippen molar-refractivity contribution in [1.29, 1.82) is 0 Å². The minimum Gasteiger partial charge on any atom is -0.478 e. The summed E-state index contributed by atoms with van der Waals surface area (Å²) in [4.78, 5) is 38.6. The zero-order valence-electron chi connectivity index (χ0n) is 26.7. The molecular weight excluding hydrogens is 576 g/mol. The van der Waals surface area contributed by atoms with E-state index in [9.17, 15) is 14.7 Å². The van der Waals surface area contributed by atoms with E-state index in [0.717, 1.165) is 96.6 Å². The number of carboxylic acid groups (broad SMARTS) is 1. The molecule has 0 saturated carbocycles. The molecule has 0 bridgehead atoms. The average molecular weight is 619 g/mol. The second kappa shape index (κ2) is 15.1. The molecule has 2 aliphatic rings. The van der Waals surface area contributed by atoms with Crippen molar-refractivity contribution in [3.05, 3.63) is 81.4 Å². The molecule has 240 valence electrons. The Bertz CT molecular complexity index is 1630. The van der Waals surface area contributed by atoms with Crippen molar-refractivity contribution < 1.29 is 34.0 Å². The van der Waals surface area contributed by atoms with Gasteiger partial charge in [-0.15, -0.1) is 0 Å². The molecule has 0 amide bonds. The number of methoxy groups -OCH3 is 1. The number of H-pyrrole nitrogens is 2. The van der Waals surface area contributed by atoms with Gasteiger partial charge in [-0.2, -0.15) is 0 Å². The van der Waals surface area contributed by atoms with Gasteiger partial charge in [0, 0.05) is 31.5 Å². The van der Waals surface area contributed by atoms with E-state index in [4.69, 9.17) is 19.3 Å². The van der Waals surface area contributed by atoms with E-state index in [2.05, 4.69) is 19.9 Å². The molecule has 0 aliphatic carbocycles. The third-order valence-corrected chi connectivity index (χ3v) is 8.03. The van der Waals surface area contributed by atoms with Crippen LogP contribution in [0.3, 0.4) is 0 Å². The maximum absolute atomic E-state index is 11.9. The first-order valence-corrected chi connectivity index (χ1v) is 15.0. The normalized spacial score (nSPS) is 17.2. The Balaban J connectivity index is 0.000000194. The SMILES string of the molecule is CO.COC(=O)c1cc(-c2ncc([C@@H]3CCCO3)[nH]2)c(C)cc1C.Cc1cc(C)c(-c2ncc([C@@H]3CCCO3)[nH]2)cc1C(=O)O. The highest BCUT2D eigenvalue weighted by Crippen LogP contribution is 2.32. The molecule has 2 fully saturated rings.